The zero-order valence-corrected chi connectivity index (χ0v) is 16.3. The van der Waals surface area contributed by atoms with Gasteiger partial charge < -0.3 is 14.3 Å². The van der Waals surface area contributed by atoms with Crippen LogP contribution in [-0.4, -0.2) is 31.7 Å². The van der Waals surface area contributed by atoms with Crippen molar-refractivity contribution >= 4 is 29.1 Å². The maximum atomic E-state index is 12.5. The van der Waals surface area contributed by atoms with Gasteiger partial charge >= 0.3 is 0 Å². The van der Waals surface area contributed by atoms with Gasteiger partial charge in [-0.3, -0.25) is 9.59 Å². The minimum Gasteiger partial charge on any atom is -0.469 e. The third-order valence-electron chi connectivity index (χ3n) is 4.15. The van der Waals surface area contributed by atoms with Crippen molar-refractivity contribution in [2.45, 2.75) is 31.2 Å². The maximum Gasteiger partial charge on any atom is 0.237 e. The van der Waals surface area contributed by atoms with Crippen LogP contribution in [0, 0.1) is 6.92 Å². The number of hydrogen-bond acceptors (Lipinski definition) is 6. The second-order valence-electron chi connectivity index (χ2n) is 6.14. The predicted octanol–water partition coefficient (Wildman–Crippen LogP) is 3.71. The van der Waals surface area contributed by atoms with Crippen molar-refractivity contribution in [2.75, 3.05) is 5.32 Å². The minimum atomic E-state index is -0.376. The van der Waals surface area contributed by atoms with Gasteiger partial charge in [-0.1, -0.05) is 11.8 Å². The van der Waals surface area contributed by atoms with Crippen molar-refractivity contribution in [2.24, 2.45) is 7.05 Å². The third kappa shape index (κ3) is 4.11. The van der Waals surface area contributed by atoms with Crippen LogP contribution in [0.25, 0.3) is 11.4 Å². The van der Waals surface area contributed by atoms with Gasteiger partial charge in [0.25, 0.3) is 0 Å². The Balaban J connectivity index is 1.67. The van der Waals surface area contributed by atoms with Crippen molar-refractivity contribution in [3.05, 3.63) is 47.9 Å². The molecule has 8 heteroatoms. The van der Waals surface area contributed by atoms with Crippen LogP contribution in [0.4, 0.5) is 5.69 Å². The first-order valence-corrected chi connectivity index (χ1v) is 9.27. The number of hydrogen-bond donors (Lipinski definition) is 1. The molecular weight excluding hydrogens is 364 g/mol. The Bertz CT molecular complexity index is 975. The summed E-state index contributed by atoms with van der Waals surface area (Å²) in [6.45, 7) is 5.18. The summed E-state index contributed by atoms with van der Waals surface area (Å²) in [5.41, 5.74) is 2.13. The summed E-state index contributed by atoms with van der Waals surface area (Å²) >= 11 is 1.32. The van der Waals surface area contributed by atoms with Gasteiger partial charge in [0, 0.05) is 18.3 Å². The first-order valence-electron chi connectivity index (χ1n) is 8.39. The van der Waals surface area contributed by atoms with E-state index in [1.165, 1.54) is 18.7 Å². The standard InChI is InChI=1S/C19H20N4O3S/c1-11(24)14-5-7-15(8-6-14)20-18(25)13(3)27-19-22-21-17(23(19)4)16-9-10-26-12(16)2/h5-10,13H,1-4H3,(H,20,25). The first-order chi connectivity index (χ1) is 12.9. The van der Waals surface area contributed by atoms with E-state index in [2.05, 4.69) is 15.5 Å². The number of aryl methyl sites for hydroxylation is 1. The molecule has 0 spiro atoms. The summed E-state index contributed by atoms with van der Waals surface area (Å²) in [7, 11) is 1.86. The Morgan fingerprint density at radius 3 is 2.48 bits per heavy atom. The molecule has 0 saturated carbocycles. The van der Waals surface area contributed by atoms with Gasteiger partial charge in [-0.05, 0) is 51.1 Å². The molecule has 1 atom stereocenters. The number of furan rings is 1. The molecule has 0 fully saturated rings. The topological polar surface area (TPSA) is 90.0 Å². The zero-order chi connectivity index (χ0) is 19.6. The molecule has 0 radical (unpaired) electrons. The number of nitrogens with zero attached hydrogens (tertiary/aromatic N) is 3. The normalized spacial score (nSPS) is 12.0. The van der Waals surface area contributed by atoms with Crippen LogP contribution in [0.15, 0.2) is 46.2 Å². The number of Topliss-reactive ketones (excluding diaryl/α,β-unsaturated/α-hetero) is 1. The Labute approximate surface area is 161 Å². The molecule has 1 amide bonds. The number of nitrogens with one attached hydrogen (secondary N) is 1. The lowest BCUT2D eigenvalue weighted by atomic mass is 10.1. The first kappa shape index (κ1) is 18.9. The molecule has 0 aliphatic carbocycles. The molecule has 2 aromatic heterocycles. The van der Waals surface area contributed by atoms with Gasteiger partial charge in [-0.2, -0.15) is 0 Å². The van der Waals surface area contributed by atoms with Crippen LogP contribution in [-0.2, 0) is 11.8 Å². The summed E-state index contributed by atoms with van der Waals surface area (Å²) < 4.78 is 7.16. The highest BCUT2D eigenvalue weighted by Gasteiger charge is 2.20. The fraction of sp³-hybridized carbons (Fsp3) is 0.263. The molecule has 7 nitrogen and oxygen atoms in total. The molecule has 140 valence electrons. The molecule has 1 unspecified atom stereocenters. The summed E-state index contributed by atoms with van der Waals surface area (Å²) in [5, 5.41) is 11.5. The number of carbonyl (C=O) groups is 2. The van der Waals surface area contributed by atoms with Crippen LogP contribution in [0.3, 0.4) is 0 Å². The number of ketones is 1. The van der Waals surface area contributed by atoms with Crippen LogP contribution < -0.4 is 5.32 Å². The lowest BCUT2D eigenvalue weighted by Gasteiger charge is -2.12. The van der Waals surface area contributed by atoms with Crippen LogP contribution in [0.2, 0.25) is 0 Å². The van der Waals surface area contributed by atoms with Crippen molar-refractivity contribution in [1.29, 1.82) is 0 Å². The molecule has 27 heavy (non-hydrogen) atoms. The number of aromatic nitrogens is 3. The van der Waals surface area contributed by atoms with E-state index in [1.54, 1.807) is 37.5 Å². The van der Waals surface area contributed by atoms with Crippen molar-refractivity contribution in [3.8, 4) is 11.4 Å². The molecule has 1 aromatic carbocycles. The van der Waals surface area contributed by atoms with Crippen LogP contribution in [0.1, 0.15) is 30.0 Å². The Hall–Kier alpha value is -2.87. The Morgan fingerprint density at radius 1 is 1.19 bits per heavy atom. The SMILES string of the molecule is CC(=O)c1ccc(NC(=O)C(C)Sc2nnc(-c3ccoc3C)n2C)cc1. The summed E-state index contributed by atoms with van der Waals surface area (Å²) in [6, 6.07) is 8.66. The average molecular weight is 384 g/mol. The number of rotatable bonds is 6. The highest BCUT2D eigenvalue weighted by atomic mass is 32.2. The van der Waals surface area contributed by atoms with E-state index in [4.69, 9.17) is 4.42 Å². The van der Waals surface area contributed by atoms with E-state index >= 15 is 0 Å². The van der Waals surface area contributed by atoms with E-state index in [9.17, 15) is 9.59 Å². The molecular formula is C19H20N4O3S. The van der Waals surface area contributed by atoms with E-state index in [-0.39, 0.29) is 16.9 Å². The highest BCUT2D eigenvalue weighted by molar-refractivity contribution is 8.00. The van der Waals surface area contributed by atoms with Gasteiger partial charge in [-0.15, -0.1) is 10.2 Å². The second kappa shape index (κ2) is 7.79. The summed E-state index contributed by atoms with van der Waals surface area (Å²) in [6.07, 6.45) is 1.61. The monoisotopic (exact) mass is 384 g/mol. The average Bonchev–Trinajstić information content (AvgIpc) is 3.21. The summed E-state index contributed by atoms with van der Waals surface area (Å²) in [4.78, 5) is 23.8. The number of benzene rings is 1. The Kier molecular flexibility index (Phi) is 5.46. The fourth-order valence-corrected chi connectivity index (χ4v) is 3.33. The van der Waals surface area contributed by atoms with Gasteiger partial charge in [0.15, 0.2) is 16.8 Å². The molecule has 2 heterocycles. The van der Waals surface area contributed by atoms with Crippen molar-refractivity contribution in [3.63, 3.8) is 0 Å². The van der Waals surface area contributed by atoms with E-state index in [1.807, 2.05) is 24.6 Å². The fourth-order valence-electron chi connectivity index (χ4n) is 2.51. The smallest absolute Gasteiger partial charge is 0.237 e. The van der Waals surface area contributed by atoms with Crippen LogP contribution >= 0.6 is 11.8 Å². The lowest BCUT2D eigenvalue weighted by molar-refractivity contribution is -0.115. The van der Waals surface area contributed by atoms with Gasteiger partial charge in [0.05, 0.1) is 17.1 Å². The maximum absolute atomic E-state index is 12.5. The van der Waals surface area contributed by atoms with Gasteiger partial charge in [-0.25, -0.2) is 0 Å². The third-order valence-corrected chi connectivity index (χ3v) is 5.28. The molecule has 0 saturated heterocycles. The lowest BCUT2D eigenvalue weighted by Crippen LogP contribution is -2.22. The van der Waals surface area contributed by atoms with Crippen molar-refractivity contribution in [1.82, 2.24) is 14.8 Å². The van der Waals surface area contributed by atoms with Gasteiger partial charge in [0.1, 0.15) is 5.76 Å². The molecule has 0 aliphatic heterocycles. The highest BCUT2D eigenvalue weighted by Crippen LogP contribution is 2.28. The minimum absolute atomic E-state index is 0.0113. The molecule has 3 aromatic rings. The van der Waals surface area contributed by atoms with Crippen molar-refractivity contribution < 1.29 is 14.0 Å². The second-order valence-corrected chi connectivity index (χ2v) is 7.45. The predicted molar refractivity (Wildman–Crippen MR) is 104 cm³/mol. The van der Waals surface area contributed by atoms with E-state index in [0.29, 0.717) is 22.2 Å². The molecule has 3 rings (SSSR count). The molecule has 0 aliphatic rings. The summed E-state index contributed by atoms with van der Waals surface area (Å²) in [5.74, 6) is 1.29. The largest absolute Gasteiger partial charge is 0.469 e. The molecule has 0 bridgehead atoms. The zero-order valence-electron chi connectivity index (χ0n) is 15.5. The van der Waals surface area contributed by atoms with Crippen LogP contribution in [0.5, 0.6) is 0 Å². The Morgan fingerprint density at radius 2 is 1.89 bits per heavy atom. The number of amides is 1. The quantitative estimate of drug-likeness (QED) is 0.515. The van der Waals surface area contributed by atoms with E-state index < -0.39 is 0 Å². The van der Waals surface area contributed by atoms with Gasteiger partial charge in [0.2, 0.25) is 5.91 Å². The molecule has 1 N–H and O–H groups in total. The number of anilines is 1. The number of carbonyl (C=O) groups excluding carboxylic acids is 2. The van der Waals surface area contributed by atoms with E-state index in [0.717, 1.165) is 11.3 Å². The number of thioether (sulfide) groups is 1.